The summed E-state index contributed by atoms with van der Waals surface area (Å²) in [6.45, 7) is 2.04. The molecule has 0 fully saturated rings. The molecule has 0 aliphatic carbocycles. The van der Waals surface area contributed by atoms with E-state index in [2.05, 4.69) is 11.1 Å². The van der Waals surface area contributed by atoms with E-state index in [-0.39, 0.29) is 5.78 Å². The second-order valence-electron chi connectivity index (χ2n) is 5.91. The Bertz CT molecular complexity index is 918. The molecule has 2 aromatic carbocycles. The standard InChI is InChI=1S/C21H21NO4/c1-13-6-5-7-14(8-13)16-9-17(22-12-16)20(23)15-10-18(24-2)21(26-4)19(11-15)25-3/h5-12,22H,1-4H3. The Morgan fingerprint density at radius 2 is 1.58 bits per heavy atom. The van der Waals surface area contributed by atoms with Crippen molar-refractivity contribution in [1.29, 1.82) is 0 Å². The maximum atomic E-state index is 12.9. The van der Waals surface area contributed by atoms with E-state index in [0.29, 0.717) is 28.5 Å². The Hall–Kier alpha value is -3.21. The van der Waals surface area contributed by atoms with Gasteiger partial charge in [-0.15, -0.1) is 0 Å². The molecule has 0 amide bonds. The first-order valence-corrected chi connectivity index (χ1v) is 8.17. The average molecular weight is 351 g/mol. The van der Waals surface area contributed by atoms with Gasteiger partial charge < -0.3 is 19.2 Å². The van der Waals surface area contributed by atoms with Gasteiger partial charge >= 0.3 is 0 Å². The molecule has 1 aromatic heterocycles. The molecule has 0 radical (unpaired) electrons. The first-order valence-electron chi connectivity index (χ1n) is 8.17. The molecule has 0 spiro atoms. The van der Waals surface area contributed by atoms with Gasteiger partial charge in [-0.2, -0.15) is 0 Å². The van der Waals surface area contributed by atoms with E-state index in [4.69, 9.17) is 14.2 Å². The van der Waals surface area contributed by atoms with Gasteiger partial charge in [0.25, 0.3) is 0 Å². The molecule has 26 heavy (non-hydrogen) atoms. The highest BCUT2D eigenvalue weighted by molar-refractivity contribution is 6.09. The van der Waals surface area contributed by atoms with Crippen LogP contribution in [-0.4, -0.2) is 32.1 Å². The summed E-state index contributed by atoms with van der Waals surface area (Å²) in [6, 6.07) is 13.3. The number of aromatic amines is 1. The van der Waals surface area contributed by atoms with E-state index in [1.165, 1.54) is 26.9 Å². The number of carbonyl (C=O) groups excluding carboxylic acids is 1. The van der Waals surface area contributed by atoms with Gasteiger partial charge in [0.05, 0.1) is 27.0 Å². The Labute approximate surface area is 152 Å². The second kappa shape index (κ2) is 7.35. The fourth-order valence-electron chi connectivity index (χ4n) is 2.88. The number of nitrogens with one attached hydrogen (secondary N) is 1. The SMILES string of the molecule is COc1cc(C(=O)c2cc(-c3cccc(C)c3)c[nH]2)cc(OC)c1OC. The number of methoxy groups -OCH3 is 3. The van der Waals surface area contributed by atoms with Crippen LogP contribution in [0.2, 0.25) is 0 Å². The van der Waals surface area contributed by atoms with Gasteiger partial charge in [-0.25, -0.2) is 0 Å². The molecule has 134 valence electrons. The zero-order valence-electron chi connectivity index (χ0n) is 15.3. The molecular formula is C21H21NO4. The molecule has 1 N–H and O–H groups in total. The number of aryl methyl sites for hydroxylation is 1. The minimum Gasteiger partial charge on any atom is -0.493 e. The molecule has 1 heterocycles. The predicted molar refractivity (Wildman–Crippen MR) is 100 cm³/mol. The van der Waals surface area contributed by atoms with Gasteiger partial charge in [0, 0.05) is 11.8 Å². The molecule has 0 bridgehead atoms. The Kier molecular flexibility index (Phi) is 4.98. The lowest BCUT2D eigenvalue weighted by Crippen LogP contribution is -2.04. The summed E-state index contributed by atoms with van der Waals surface area (Å²) in [4.78, 5) is 16.0. The van der Waals surface area contributed by atoms with Gasteiger partial charge in [0.1, 0.15) is 0 Å². The number of hydrogen-bond donors (Lipinski definition) is 1. The van der Waals surface area contributed by atoms with Crippen molar-refractivity contribution in [2.75, 3.05) is 21.3 Å². The fourth-order valence-corrected chi connectivity index (χ4v) is 2.88. The predicted octanol–water partition coefficient (Wildman–Crippen LogP) is 4.25. The maximum Gasteiger partial charge on any atom is 0.209 e. The first kappa shape index (κ1) is 17.6. The number of rotatable bonds is 6. The summed E-state index contributed by atoms with van der Waals surface area (Å²) in [6.07, 6.45) is 1.83. The second-order valence-corrected chi connectivity index (χ2v) is 5.91. The zero-order chi connectivity index (χ0) is 18.7. The number of H-pyrrole nitrogens is 1. The van der Waals surface area contributed by atoms with E-state index < -0.39 is 0 Å². The highest BCUT2D eigenvalue weighted by Gasteiger charge is 2.19. The van der Waals surface area contributed by atoms with E-state index in [1.54, 1.807) is 12.1 Å². The number of carbonyl (C=O) groups is 1. The van der Waals surface area contributed by atoms with Crippen LogP contribution in [0, 0.1) is 6.92 Å². The lowest BCUT2D eigenvalue weighted by molar-refractivity contribution is 0.103. The van der Waals surface area contributed by atoms with Crippen molar-refractivity contribution >= 4 is 5.78 Å². The first-order chi connectivity index (χ1) is 12.6. The quantitative estimate of drug-likeness (QED) is 0.675. The third kappa shape index (κ3) is 3.28. The Morgan fingerprint density at radius 1 is 0.885 bits per heavy atom. The smallest absolute Gasteiger partial charge is 0.209 e. The molecule has 0 aliphatic heterocycles. The van der Waals surface area contributed by atoms with Crippen molar-refractivity contribution in [3.63, 3.8) is 0 Å². The Balaban J connectivity index is 1.98. The molecule has 0 saturated heterocycles. The molecule has 5 nitrogen and oxygen atoms in total. The maximum absolute atomic E-state index is 12.9. The summed E-state index contributed by atoms with van der Waals surface area (Å²) in [5.74, 6) is 1.20. The van der Waals surface area contributed by atoms with Crippen LogP contribution in [0.4, 0.5) is 0 Å². The number of hydrogen-bond acceptors (Lipinski definition) is 4. The lowest BCUT2D eigenvalue weighted by Gasteiger charge is -2.13. The van der Waals surface area contributed by atoms with E-state index in [9.17, 15) is 4.79 Å². The van der Waals surface area contributed by atoms with Crippen molar-refractivity contribution in [1.82, 2.24) is 4.98 Å². The van der Waals surface area contributed by atoms with Gasteiger partial charge in [0.15, 0.2) is 11.5 Å². The summed E-state index contributed by atoms with van der Waals surface area (Å²) in [5, 5.41) is 0. The van der Waals surface area contributed by atoms with Crippen molar-refractivity contribution in [2.45, 2.75) is 6.92 Å². The zero-order valence-corrected chi connectivity index (χ0v) is 15.3. The molecule has 0 unspecified atom stereocenters. The number of ketones is 1. The molecule has 0 saturated carbocycles. The summed E-state index contributed by atoms with van der Waals surface area (Å²) in [5.41, 5.74) is 4.14. The van der Waals surface area contributed by atoms with Crippen LogP contribution in [0.5, 0.6) is 17.2 Å². The highest BCUT2D eigenvalue weighted by Crippen LogP contribution is 2.38. The van der Waals surface area contributed by atoms with Crippen LogP contribution in [0.15, 0.2) is 48.7 Å². The number of ether oxygens (including phenoxy) is 3. The van der Waals surface area contributed by atoms with Gasteiger partial charge in [-0.05, 0) is 36.2 Å². The van der Waals surface area contributed by atoms with Gasteiger partial charge in [0.2, 0.25) is 11.5 Å². The molecule has 0 atom stereocenters. The van der Waals surface area contributed by atoms with Crippen LogP contribution >= 0.6 is 0 Å². The Morgan fingerprint density at radius 3 is 2.15 bits per heavy atom. The third-order valence-electron chi connectivity index (χ3n) is 4.21. The average Bonchev–Trinajstić information content (AvgIpc) is 3.16. The van der Waals surface area contributed by atoms with Crippen LogP contribution in [-0.2, 0) is 0 Å². The van der Waals surface area contributed by atoms with Crippen molar-refractivity contribution in [3.05, 3.63) is 65.5 Å². The molecule has 5 heteroatoms. The minimum atomic E-state index is -0.150. The normalized spacial score (nSPS) is 10.5. The highest BCUT2D eigenvalue weighted by atomic mass is 16.5. The largest absolute Gasteiger partial charge is 0.493 e. The summed E-state index contributed by atoms with van der Waals surface area (Å²) >= 11 is 0. The fraction of sp³-hybridized carbons (Fsp3) is 0.190. The summed E-state index contributed by atoms with van der Waals surface area (Å²) < 4.78 is 16.0. The topological polar surface area (TPSA) is 60.6 Å². The number of benzene rings is 2. The molecule has 3 rings (SSSR count). The van der Waals surface area contributed by atoms with Crippen LogP contribution in [0.25, 0.3) is 11.1 Å². The van der Waals surface area contributed by atoms with Crippen molar-refractivity contribution in [2.24, 2.45) is 0 Å². The van der Waals surface area contributed by atoms with Crippen LogP contribution in [0.1, 0.15) is 21.6 Å². The van der Waals surface area contributed by atoms with Crippen molar-refractivity contribution < 1.29 is 19.0 Å². The van der Waals surface area contributed by atoms with E-state index in [1.807, 2.05) is 37.4 Å². The van der Waals surface area contributed by atoms with Gasteiger partial charge in [-0.1, -0.05) is 29.8 Å². The van der Waals surface area contributed by atoms with Crippen molar-refractivity contribution in [3.8, 4) is 28.4 Å². The van der Waals surface area contributed by atoms with E-state index in [0.717, 1.165) is 11.1 Å². The molecular weight excluding hydrogens is 330 g/mol. The van der Waals surface area contributed by atoms with E-state index >= 15 is 0 Å². The van der Waals surface area contributed by atoms with Crippen LogP contribution < -0.4 is 14.2 Å². The van der Waals surface area contributed by atoms with Gasteiger partial charge in [-0.3, -0.25) is 4.79 Å². The number of aromatic nitrogens is 1. The third-order valence-corrected chi connectivity index (χ3v) is 4.21. The monoisotopic (exact) mass is 351 g/mol. The summed E-state index contributed by atoms with van der Waals surface area (Å²) in [7, 11) is 4.58. The molecule has 0 aliphatic rings. The molecule has 3 aromatic rings. The lowest BCUT2D eigenvalue weighted by atomic mass is 10.0. The minimum absolute atomic E-state index is 0.150. The van der Waals surface area contributed by atoms with Crippen LogP contribution in [0.3, 0.4) is 0 Å².